The Balaban J connectivity index is 1.35. The van der Waals surface area contributed by atoms with Gasteiger partial charge in [-0.25, -0.2) is 9.78 Å². The number of nitriles is 1. The number of rotatable bonds is 3. The van der Waals surface area contributed by atoms with Crippen molar-refractivity contribution in [2.75, 3.05) is 18.8 Å². The van der Waals surface area contributed by atoms with Crippen molar-refractivity contribution in [1.82, 2.24) is 24.6 Å². The van der Waals surface area contributed by atoms with E-state index in [9.17, 15) is 10.1 Å². The number of fused-ring (bicyclic) bond motifs is 1. The van der Waals surface area contributed by atoms with E-state index in [2.05, 4.69) is 21.1 Å². The van der Waals surface area contributed by atoms with Crippen molar-refractivity contribution < 1.29 is 9.53 Å². The summed E-state index contributed by atoms with van der Waals surface area (Å²) in [4.78, 5) is 23.1. The van der Waals surface area contributed by atoms with Crippen LogP contribution in [0.5, 0.6) is 0 Å². The molecule has 0 aliphatic carbocycles. The maximum Gasteiger partial charge on any atom is 0.410 e. The first kappa shape index (κ1) is 24.3. The molecular weight excluding hydrogens is 466 g/mol. The van der Waals surface area contributed by atoms with Gasteiger partial charge in [0.2, 0.25) is 0 Å². The molecular formula is C28H29N7O2. The lowest BCUT2D eigenvalue weighted by Crippen LogP contribution is -2.42. The zero-order valence-corrected chi connectivity index (χ0v) is 21.2. The Morgan fingerprint density at radius 3 is 2.62 bits per heavy atom. The average Bonchev–Trinajstić information content (AvgIpc) is 3.38. The molecule has 1 aromatic carbocycles. The second-order valence-electron chi connectivity index (χ2n) is 10.3. The smallest absolute Gasteiger partial charge is 0.410 e. The molecule has 9 heteroatoms. The maximum absolute atomic E-state index is 12.4. The van der Waals surface area contributed by atoms with E-state index in [-0.39, 0.29) is 12.1 Å². The Hall–Kier alpha value is -4.45. The van der Waals surface area contributed by atoms with Gasteiger partial charge < -0.3 is 15.4 Å². The summed E-state index contributed by atoms with van der Waals surface area (Å²) in [6.07, 6.45) is 8.64. The summed E-state index contributed by atoms with van der Waals surface area (Å²) >= 11 is 0. The van der Waals surface area contributed by atoms with Crippen LogP contribution in [0.25, 0.3) is 33.2 Å². The highest BCUT2D eigenvalue weighted by Crippen LogP contribution is 2.32. The van der Waals surface area contributed by atoms with Crippen molar-refractivity contribution >= 4 is 22.7 Å². The summed E-state index contributed by atoms with van der Waals surface area (Å²) in [6.45, 7) is 6.88. The largest absolute Gasteiger partial charge is 0.444 e. The van der Waals surface area contributed by atoms with E-state index in [1.807, 2.05) is 62.1 Å². The number of anilines is 1. The van der Waals surface area contributed by atoms with Crippen molar-refractivity contribution in [3.63, 3.8) is 0 Å². The molecule has 2 N–H and O–H groups in total. The predicted molar refractivity (Wildman–Crippen MR) is 141 cm³/mol. The van der Waals surface area contributed by atoms with Crippen LogP contribution >= 0.6 is 0 Å². The van der Waals surface area contributed by atoms with E-state index < -0.39 is 5.60 Å². The SMILES string of the molecule is CC(C)(C)OC(=O)N1CCC(n2cc(-c3cnc(N)c(-c4cc5c(C#N)cccc5cn4)c3)cn2)CC1. The van der Waals surface area contributed by atoms with Crippen LogP contribution in [0.4, 0.5) is 10.6 Å². The second kappa shape index (κ2) is 9.54. The number of likely N-dealkylation sites (tertiary alicyclic amines) is 1. The molecule has 0 saturated carbocycles. The zero-order chi connectivity index (χ0) is 26.2. The summed E-state index contributed by atoms with van der Waals surface area (Å²) in [6, 6.07) is 11.8. The quantitative estimate of drug-likeness (QED) is 0.415. The molecule has 5 rings (SSSR count). The third-order valence-electron chi connectivity index (χ3n) is 6.50. The van der Waals surface area contributed by atoms with Gasteiger partial charge in [-0.05, 0) is 51.8 Å². The molecule has 1 saturated heterocycles. The van der Waals surface area contributed by atoms with Crippen LogP contribution in [0, 0.1) is 11.3 Å². The lowest BCUT2D eigenvalue weighted by Gasteiger charge is -2.33. The number of carbonyl (C=O) groups is 1. The summed E-state index contributed by atoms with van der Waals surface area (Å²) in [5.41, 5.74) is 9.46. The zero-order valence-electron chi connectivity index (χ0n) is 21.2. The molecule has 0 unspecified atom stereocenters. The monoisotopic (exact) mass is 495 g/mol. The molecule has 1 aliphatic heterocycles. The van der Waals surface area contributed by atoms with Gasteiger partial charge in [0, 0.05) is 59.1 Å². The van der Waals surface area contributed by atoms with Crippen LogP contribution in [0.3, 0.4) is 0 Å². The molecule has 0 radical (unpaired) electrons. The first-order valence-corrected chi connectivity index (χ1v) is 12.3. The first-order valence-electron chi connectivity index (χ1n) is 12.3. The molecule has 0 atom stereocenters. The standard InChI is InChI=1S/C28H29N7O2/c1-28(2,3)37-27(36)34-9-7-22(8-10-34)35-17-21(16-33-35)20-11-24(26(30)32-15-20)25-12-23-18(13-29)5-4-6-19(23)14-31-25/h4-6,11-12,14-17,22H,7-10H2,1-3H3,(H2,30,32). The number of nitrogens with zero attached hydrogens (tertiary/aromatic N) is 6. The molecule has 0 spiro atoms. The number of hydrogen-bond acceptors (Lipinski definition) is 7. The van der Waals surface area contributed by atoms with Crippen LogP contribution in [-0.4, -0.2) is 49.4 Å². The van der Waals surface area contributed by atoms with Gasteiger partial charge in [0.25, 0.3) is 0 Å². The number of nitrogen functional groups attached to an aromatic ring is 1. The van der Waals surface area contributed by atoms with E-state index in [1.54, 1.807) is 23.4 Å². The summed E-state index contributed by atoms with van der Waals surface area (Å²) in [5, 5.41) is 15.8. The van der Waals surface area contributed by atoms with Crippen molar-refractivity contribution in [3.8, 4) is 28.5 Å². The minimum Gasteiger partial charge on any atom is -0.444 e. The first-order chi connectivity index (χ1) is 17.7. The Labute approximate surface area is 215 Å². The lowest BCUT2D eigenvalue weighted by atomic mass is 10.0. The van der Waals surface area contributed by atoms with Crippen molar-refractivity contribution in [3.05, 3.63) is 60.7 Å². The molecule has 4 aromatic rings. The third kappa shape index (κ3) is 5.09. The Morgan fingerprint density at radius 2 is 1.89 bits per heavy atom. The summed E-state index contributed by atoms with van der Waals surface area (Å²) in [7, 11) is 0. The van der Waals surface area contributed by atoms with Crippen molar-refractivity contribution in [1.29, 1.82) is 5.26 Å². The van der Waals surface area contributed by atoms with E-state index in [1.165, 1.54) is 0 Å². The third-order valence-corrected chi connectivity index (χ3v) is 6.50. The molecule has 188 valence electrons. The number of piperidine rings is 1. The number of ether oxygens (including phenoxy) is 1. The predicted octanol–water partition coefficient (Wildman–Crippen LogP) is 5.19. The Morgan fingerprint density at radius 1 is 1.11 bits per heavy atom. The summed E-state index contributed by atoms with van der Waals surface area (Å²) in [5.74, 6) is 0.368. The molecule has 4 heterocycles. The van der Waals surface area contributed by atoms with Gasteiger partial charge in [-0.1, -0.05) is 12.1 Å². The van der Waals surface area contributed by atoms with Crippen molar-refractivity contribution in [2.45, 2.75) is 45.3 Å². The fraction of sp³-hybridized carbons (Fsp3) is 0.321. The molecule has 3 aromatic heterocycles. The highest BCUT2D eigenvalue weighted by molar-refractivity contribution is 5.91. The number of nitrogens with two attached hydrogens (primary N) is 1. The van der Waals surface area contributed by atoms with Crippen LogP contribution in [0.15, 0.2) is 55.1 Å². The molecule has 1 fully saturated rings. The van der Waals surface area contributed by atoms with Gasteiger partial charge >= 0.3 is 6.09 Å². The fourth-order valence-electron chi connectivity index (χ4n) is 4.58. The van der Waals surface area contributed by atoms with Crippen LogP contribution in [0.1, 0.15) is 45.2 Å². The van der Waals surface area contributed by atoms with Gasteiger partial charge in [0.1, 0.15) is 11.4 Å². The van der Waals surface area contributed by atoms with Crippen LogP contribution in [-0.2, 0) is 4.74 Å². The molecule has 37 heavy (non-hydrogen) atoms. The lowest BCUT2D eigenvalue weighted by molar-refractivity contribution is 0.0185. The van der Waals surface area contributed by atoms with E-state index in [0.29, 0.717) is 35.7 Å². The topological polar surface area (TPSA) is 123 Å². The van der Waals surface area contributed by atoms with E-state index >= 15 is 0 Å². The summed E-state index contributed by atoms with van der Waals surface area (Å²) < 4.78 is 7.46. The maximum atomic E-state index is 12.4. The van der Waals surface area contributed by atoms with Gasteiger partial charge in [-0.2, -0.15) is 10.4 Å². The fourth-order valence-corrected chi connectivity index (χ4v) is 4.58. The Bertz CT molecular complexity index is 1510. The minimum atomic E-state index is -0.503. The molecule has 0 bridgehead atoms. The highest BCUT2D eigenvalue weighted by atomic mass is 16.6. The van der Waals surface area contributed by atoms with Crippen LogP contribution in [0.2, 0.25) is 0 Å². The number of amides is 1. The van der Waals surface area contributed by atoms with Gasteiger partial charge in [-0.3, -0.25) is 9.67 Å². The normalized spacial score (nSPS) is 14.5. The van der Waals surface area contributed by atoms with Crippen molar-refractivity contribution in [2.24, 2.45) is 0 Å². The molecule has 1 amide bonds. The minimum absolute atomic E-state index is 0.195. The molecule has 1 aliphatic rings. The number of aromatic nitrogens is 4. The molecule has 9 nitrogen and oxygen atoms in total. The second-order valence-corrected chi connectivity index (χ2v) is 10.3. The highest BCUT2D eigenvalue weighted by Gasteiger charge is 2.28. The van der Waals surface area contributed by atoms with E-state index in [4.69, 9.17) is 10.5 Å². The van der Waals surface area contributed by atoms with E-state index in [0.717, 1.165) is 34.7 Å². The number of hydrogen-bond donors (Lipinski definition) is 1. The number of benzene rings is 1. The average molecular weight is 496 g/mol. The Kier molecular flexibility index (Phi) is 6.25. The number of pyridine rings is 2. The van der Waals surface area contributed by atoms with Gasteiger partial charge in [-0.15, -0.1) is 0 Å². The van der Waals surface area contributed by atoms with Gasteiger partial charge in [0.05, 0.1) is 29.6 Å². The van der Waals surface area contributed by atoms with Crippen LogP contribution < -0.4 is 5.73 Å². The number of carbonyl (C=O) groups excluding carboxylic acids is 1. The van der Waals surface area contributed by atoms with Gasteiger partial charge in [0.15, 0.2) is 0 Å².